The normalized spacial score (nSPS) is 10.2. The lowest BCUT2D eigenvalue weighted by Crippen LogP contribution is -2.10. The van der Waals surface area contributed by atoms with Crippen LogP contribution >= 0.6 is 0 Å². The first kappa shape index (κ1) is 15.1. The SMILES string of the molecule is COc1cc(C)cc(C)c1C(=O)CCOc1ccccc1. The molecule has 0 spiro atoms. The van der Waals surface area contributed by atoms with E-state index < -0.39 is 0 Å². The van der Waals surface area contributed by atoms with Gasteiger partial charge < -0.3 is 9.47 Å². The number of hydrogen-bond acceptors (Lipinski definition) is 3. The zero-order valence-corrected chi connectivity index (χ0v) is 12.7. The fourth-order valence-electron chi connectivity index (χ4n) is 2.35. The van der Waals surface area contributed by atoms with Crippen molar-refractivity contribution in [2.45, 2.75) is 20.3 Å². The van der Waals surface area contributed by atoms with Gasteiger partial charge in [-0.3, -0.25) is 4.79 Å². The second-order valence-electron chi connectivity index (χ2n) is 4.99. The van der Waals surface area contributed by atoms with E-state index in [2.05, 4.69) is 0 Å². The summed E-state index contributed by atoms with van der Waals surface area (Å²) in [5.41, 5.74) is 2.68. The van der Waals surface area contributed by atoms with Crippen LogP contribution in [0.1, 0.15) is 27.9 Å². The van der Waals surface area contributed by atoms with Crippen molar-refractivity contribution in [1.29, 1.82) is 0 Å². The number of benzene rings is 2. The Balaban J connectivity index is 2.04. The molecule has 0 saturated carbocycles. The van der Waals surface area contributed by atoms with Crippen molar-refractivity contribution in [2.24, 2.45) is 0 Å². The standard InChI is InChI=1S/C18H20O3/c1-13-11-14(2)18(17(12-13)20-3)16(19)9-10-21-15-7-5-4-6-8-15/h4-8,11-12H,9-10H2,1-3H3. The monoisotopic (exact) mass is 284 g/mol. The van der Waals surface area contributed by atoms with Crippen molar-refractivity contribution < 1.29 is 14.3 Å². The summed E-state index contributed by atoms with van der Waals surface area (Å²) in [5.74, 6) is 1.45. The number of hydrogen-bond donors (Lipinski definition) is 0. The number of para-hydroxylation sites is 1. The van der Waals surface area contributed by atoms with Gasteiger partial charge in [-0.2, -0.15) is 0 Å². The number of Topliss-reactive ketones (excluding diaryl/α,β-unsaturated/α-hetero) is 1. The van der Waals surface area contributed by atoms with Gasteiger partial charge in [-0.1, -0.05) is 24.3 Å². The summed E-state index contributed by atoms with van der Waals surface area (Å²) in [6.07, 6.45) is 0.329. The Kier molecular flexibility index (Phi) is 4.99. The van der Waals surface area contributed by atoms with Gasteiger partial charge in [0.2, 0.25) is 0 Å². The average Bonchev–Trinajstić information content (AvgIpc) is 2.47. The van der Waals surface area contributed by atoms with E-state index in [4.69, 9.17) is 9.47 Å². The number of methoxy groups -OCH3 is 1. The van der Waals surface area contributed by atoms with Crippen LogP contribution in [-0.4, -0.2) is 19.5 Å². The average molecular weight is 284 g/mol. The van der Waals surface area contributed by atoms with Crippen molar-refractivity contribution in [2.75, 3.05) is 13.7 Å². The lowest BCUT2D eigenvalue weighted by atomic mass is 9.99. The topological polar surface area (TPSA) is 35.5 Å². The molecule has 0 aromatic heterocycles. The summed E-state index contributed by atoms with van der Waals surface area (Å²) >= 11 is 0. The summed E-state index contributed by atoms with van der Waals surface area (Å²) < 4.78 is 10.9. The highest BCUT2D eigenvalue weighted by atomic mass is 16.5. The summed E-state index contributed by atoms with van der Waals surface area (Å²) in [4.78, 5) is 12.4. The van der Waals surface area contributed by atoms with E-state index in [1.165, 1.54) is 0 Å². The molecule has 0 aliphatic rings. The zero-order valence-electron chi connectivity index (χ0n) is 12.7. The van der Waals surface area contributed by atoms with E-state index in [0.717, 1.165) is 16.9 Å². The predicted molar refractivity (Wildman–Crippen MR) is 83.4 cm³/mol. The molecule has 0 aliphatic carbocycles. The Hall–Kier alpha value is -2.29. The largest absolute Gasteiger partial charge is 0.496 e. The molecular weight excluding hydrogens is 264 g/mol. The van der Waals surface area contributed by atoms with Crippen LogP contribution in [0.4, 0.5) is 0 Å². The number of carbonyl (C=O) groups is 1. The molecule has 0 fully saturated rings. The molecule has 0 atom stereocenters. The third kappa shape index (κ3) is 3.85. The van der Waals surface area contributed by atoms with E-state index in [1.807, 2.05) is 56.3 Å². The molecule has 0 aliphatic heterocycles. The summed E-state index contributed by atoms with van der Waals surface area (Å²) in [5, 5.41) is 0. The second-order valence-corrected chi connectivity index (χ2v) is 4.99. The first-order valence-corrected chi connectivity index (χ1v) is 6.98. The van der Waals surface area contributed by atoms with Crippen LogP contribution in [0, 0.1) is 13.8 Å². The number of rotatable bonds is 6. The molecule has 0 heterocycles. The van der Waals surface area contributed by atoms with Crippen LogP contribution in [0.25, 0.3) is 0 Å². The number of carbonyl (C=O) groups excluding carboxylic acids is 1. The predicted octanol–water partition coefficient (Wildman–Crippen LogP) is 3.96. The molecule has 2 aromatic rings. The molecule has 3 heteroatoms. The maximum Gasteiger partial charge on any atom is 0.170 e. The highest BCUT2D eigenvalue weighted by molar-refractivity contribution is 6.00. The zero-order chi connectivity index (χ0) is 15.2. The van der Waals surface area contributed by atoms with Gasteiger partial charge in [-0.25, -0.2) is 0 Å². The number of ketones is 1. The highest BCUT2D eigenvalue weighted by Gasteiger charge is 2.15. The van der Waals surface area contributed by atoms with Gasteiger partial charge >= 0.3 is 0 Å². The second kappa shape index (κ2) is 6.93. The summed E-state index contributed by atoms with van der Waals surface area (Å²) in [7, 11) is 1.59. The molecule has 110 valence electrons. The molecule has 0 N–H and O–H groups in total. The lowest BCUT2D eigenvalue weighted by Gasteiger charge is -2.12. The van der Waals surface area contributed by atoms with Crippen LogP contribution in [-0.2, 0) is 0 Å². The van der Waals surface area contributed by atoms with Gasteiger partial charge in [0, 0.05) is 6.42 Å². The first-order valence-electron chi connectivity index (χ1n) is 6.98. The Morgan fingerprint density at radius 3 is 2.48 bits per heavy atom. The Bertz CT molecular complexity index is 618. The van der Waals surface area contributed by atoms with Gasteiger partial charge in [-0.15, -0.1) is 0 Å². The lowest BCUT2D eigenvalue weighted by molar-refractivity contribution is 0.0958. The molecule has 3 nitrogen and oxygen atoms in total. The van der Waals surface area contributed by atoms with Gasteiger partial charge in [0.15, 0.2) is 5.78 Å². The van der Waals surface area contributed by atoms with Crippen molar-refractivity contribution >= 4 is 5.78 Å². The Morgan fingerprint density at radius 1 is 1.10 bits per heavy atom. The van der Waals surface area contributed by atoms with Gasteiger partial charge in [0.25, 0.3) is 0 Å². The van der Waals surface area contributed by atoms with Crippen molar-refractivity contribution in [1.82, 2.24) is 0 Å². The molecule has 21 heavy (non-hydrogen) atoms. The number of ether oxygens (including phenoxy) is 2. The molecule has 0 amide bonds. The van der Waals surface area contributed by atoms with Crippen molar-refractivity contribution in [3.05, 3.63) is 59.2 Å². The quantitative estimate of drug-likeness (QED) is 0.753. The summed E-state index contributed by atoms with van der Waals surface area (Å²) in [6, 6.07) is 13.4. The van der Waals surface area contributed by atoms with Crippen LogP contribution in [0.15, 0.2) is 42.5 Å². The Labute approximate surface area is 125 Å². The van der Waals surface area contributed by atoms with Gasteiger partial charge in [-0.05, 0) is 43.2 Å². The molecule has 2 rings (SSSR count). The molecule has 0 radical (unpaired) electrons. The van der Waals surface area contributed by atoms with Crippen LogP contribution in [0.5, 0.6) is 11.5 Å². The van der Waals surface area contributed by atoms with E-state index in [9.17, 15) is 4.79 Å². The minimum absolute atomic E-state index is 0.0419. The molecular formula is C18H20O3. The number of aryl methyl sites for hydroxylation is 2. The van der Waals surface area contributed by atoms with Crippen LogP contribution in [0.3, 0.4) is 0 Å². The third-order valence-electron chi connectivity index (χ3n) is 3.28. The highest BCUT2D eigenvalue weighted by Crippen LogP contribution is 2.25. The molecule has 2 aromatic carbocycles. The molecule has 0 unspecified atom stereocenters. The summed E-state index contributed by atoms with van der Waals surface area (Å²) in [6.45, 7) is 4.28. The maximum absolute atomic E-state index is 12.4. The third-order valence-corrected chi connectivity index (χ3v) is 3.28. The molecule has 0 bridgehead atoms. The minimum Gasteiger partial charge on any atom is -0.496 e. The van der Waals surface area contributed by atoms with E-state index in [1.54, 1.807) is 7.11 Å². The van der Waals surface area contributed by atoms with Crippen molar-refractivity contribution in [3.8, 4) is 11.5 Å². The van der Waals surface area contributed by atoms with E-state index in [-0.39, 0.29) is 5.78 Å². The van der Waals surface area contributed by atoms with Crippen LogP contribution in [0.2, 0.25) is 0 Å². The fourth-order valence-corrected chi connectivity index (χ4v) is 2.35. The fraction of sp³-hybridized carbons (Fsp3) is 0.278. The van der Waals surface area contributed by atoms with Gasteiger partial charge in [0.05, 0.1) is 19.3 Å². The Morgan fingerprint density at radius 2 is 1.81 bits per heavy atom. The smallest absolute Gasteiger partial charge is 0.170 e. The first-order chi connectivity index (χ1) is 10.1. The van der Waals surface area contributed by atoms with Gasteiger partial charge in [0.1, 0.15) is 11.5 Å². The van der Waals surface area contributed by atoms with Crippen LogP contribution < -0.4 is 9.47 Å². The maximum atomic E-state index is 12.4. The van der Waals surface area contributed by atoms with E-state index >= 15 is 0 Å². The van der Waals surface area contributed by atoms with E-state index in [0.29, 0.717) is 24.3 Å². The van der Waals surface area contributed by atoms with Crippen molar-refractivity contribution in [3.63, 3.8) is 0 Å². The molecule has 0 saturated heterocycles. The minimum atomic E-state index is 0.0419.